The Morgan fingerprint density at radius 3 is 2.79 bits per heavy atom. The minimum absolute atomic E-state index is 0.0846. The molecule has 1 aliphatic rings. The third-order valence-electron chi connectivity index (χ3n) is 4.55. The maximum Gasteiger partial charge on any atom is 0.272 e. The van der Waals surface area contributed by atoms with Crippen LogP contribution in [0.25, 0.3) is 5.65 Å². The zero-order chi connectivity index (χ0) is 16.5. The Bertz CT molecular complexity index is 847. The number of aromatic nitrogens is 2. The molecule has 24 heavy (non-hydrogen) atoms. The summed E-state index contributed by atoms with van der Waals surface area (Å²) in [6.07, 6.45) is 1.91. The van der Waals surface area contributed by atoms with Gasteiger partial charge in [-0.25, -0.2) is 4.98 Å². The summed E-state index contributed by atoms with van der Waals surface area (Å²) in [6, 6.07) is 7.98. The van der Waals surface area contributed by atoms with Crippen molar-refractivity contribution in [3.8, 4) is 0 Å². The number of pyridine rings is 1. The van der Waals surface area contributed by atoms with Crippen molar-refractivity contribution in [2.24, 2.45) is 0 Å². The zero-order valence-corrected chi connectivity index (χ0v) is 14.5. The van der Waals surface area contributed by atoms with Crippen molar-refractivity contribution in [2.75, 3.05) is 26.2 Å². The van der Waals surface area contributed by atoms with Gasteiger partial charge in [-0.3, -0.25) is 14.1 Å². The average molecular weight is 340 g/mol. The number of imidazole rings is 1. The Kier molecular flexibility index (Phi) is 4.08. The van der Waals surface area contributed by atoms with Gasteiger partial charge in [0.25, 0.3) is 5.91 Å². The van der Waals surface area contributed by atoms with E-state index in [0.29, 0.717) is 5.69 Å². The first-order valence-corrected chi connectivity index (χ1v) is 9.13. The van der Waals surface area contributed by atoms with Crippen LogP contribution >= 0.6 is 11.3 Å². The number of amides is 1. The van der Waals surface area contributed by atoms with Gasteiger partial charge < -0.3 is 4.90 Å². The molecule has 0 spiro atoms. The summed E-state index contributed by atoms with van der Waals surface area (Å²) in [5, 5.41) is 4.31. The van der Waals surface area contributed by atoms with Crippen molar-refractivity contribution < 1.29 is 4.79 Å². The highest BCUT2D eigenvalue weighted by Crippen LogP contribution is 2.17. The summed E-state index contributed by atoms with van der Waals surface area (Å²) in [5.74, 6) is 0.0846. The molecule has 5 nitrogen and oxygen atoms in total. The van der Waals surface area contributed by atoms with Gasteiger partial charge in [-0.05, 0) is 41.4 Å². The van der Waals surface area contributed by atoms with E-state index < -0.39 is 0 Å². The van der Waals surface area contributed by atoms with Gasteiger partial charge in [-0.2, -0.15) is 11.3 Å². The zero-order valence-electron chi connectivity index (χ0n) is 13.7. The number of rotatable bonds is 3. The summed E-state index contributed by atoms with van der Waals surface area (Å²) >= 11 is 1.73. The molecule has 4 rings (SSSR count). The Morgan fingerprint density at radius 1 is 1.21 bits per heavy atom. The molecule has 0 radical (unpaired) electrons. The van der Waals surface area contributed by atoms with E-state index in [2.05, 4.69) is 26.7 Å². The van der Waals surface area contributed by atoms with Crippen LogP contribution in [0.1, 0.15) is 21.7 Å². The van der Waals surface area contributed by atoms with Crippen LogP contribution in [0.2, 0.25) is 0 Å². The highest BCUT2D eigenvalue weighted by Gasteiger charge is 2.26. The van der Waals surface area contributed by atoms with Crippen LogP contribution in [0.3, 0.4) is 0 Å². The highest BCUT2D eigenvalue weighted by atomic mass is 32.1. The minimum atomic E-state index is 0.0846. The van der Waals surface area contributed by atoms with Crippen molar-refractivity contribution in [1.82, 2.24) is 19.2 Å². The number of hydrogen-bond acceptors (Lipinski definition) is 4. The predicted molar refractivity (Wildman–Crippen MR) is 95.4 cm³/mol. The van der Waals surface area contributed by atoms with Crippen molar-refractivity contribution >= 4 is 22.9 Å². The van der Waals surface area contributed by atoms with Crippen molar-refractivity contribution in [1.29, 1.82) is 0 Å². The molecule has 0 N–H and O–H groups in total. The number of carbonyl (C=O) groups is 1. The molecule has 1 aliphatic heterocycles. The summed E-state index contributed by atoms with van der Waals surface area (Å²) in [6.45, 7) is 6.24. The monoisotopic (exact) mass is 340 g/mol. The van der Waals surface area contributed by atoms with E-state index in [4.69, 9.17) is 0 Å². The quantitative estimate of drug-likeness (QED) is 0.736. The molecule has 0 unspecified atom stereocenters. The Labute approximate surface area is 145 Å². The van der Waals surface area contributed by atoms with Crippen LogP contribution < -0.4 is 0 Å². The topological polar surface area (TPSA) is 40.9 Å². The fourth-order valence-corrected chi connectivity index (χ4v) is 3.93. The predicted octanol–water partition coefficient (Wildman–Crippen LogP) is 2.66. The fraction of sp³-hybridized carbons (Fsp3) is 0.333. The first-order chi connectivity index (χ1) is 11.7. The normalized spacial score (nSPS) is 16.0. The Morgan fingerprint density at radius 2 is 2.04 bits per heavy atom. The van der Waals surface area contributed by atoms with Gasteiger partial charge in [0.1, 0.15) is 11.3 Å². The standard InChI is InChI=1S/C18H20N4OS/c1-14-17(22-6-3-2-4-16(22)19-14)18(23)21-9-7-20(8-10-21)12-15-5-11-24-13-15/h2-6,11,13H,7-10,12H2,1H3. The van der Waals surface area contributed by atoms with E-state index >= 15 is 0 Å². The lowest BCUT2D eigenvalue weighted by atomic mass is 10.2. The van der Waals surface area contributed by atoms with Gasteiger partial charge in [-0.1, -0.05) is 6.07 Å². The lowest BCUT2D eigenvalue weighted by molar-refractivity contribution is 0.0621. The van der Waals surface area contributed by atoms with Crippen LogP contribution in [0.4, 0.5) is 0 Å². The second-order valence-corrected chi connectivity index (χ2v) is 6.95. The van der Waals surface area contributed by atoms with Crippen molar-refractivity contribution in [3.05, 3.63) is 58.2 Å². The lowest BCUT2D eigenvalue weighted by Gasteiger charge is -2.34. The van der Waals surface area contributed by atoms with Gasteiger partial charge in [0.2, 0.25) is 0 Å². The van der Waals surface area contributed by atoms with Crippen LogP contribution in [-0.2, 0) is 6.54 Å². The minimum Gasteiger partial charge on any atom is -0.335 e. The molecule has 1 fully saturated rings. The summed E-state index contributed by atoms with van der Waals surface area (Å²) in [4.78, 5) is 21.8. The largest absolute Gasteiger partial charge is 0.335 e. The van der Waals surface area contributed by atoms with E-state index in [1.165, 1.54) is 5.56 Å². The lowest BCUT2D eigenvalue weighted by Crippen LogP contribution is -2.48. The first kappa shape index (κ1) is 15.4. The average Bonchev–Trinajstić information content (AvgIpc) is 3.21. The van der Waals surface area contributed by atoms with E-state index in [1.54, 1.807) is 11.3 Å². The molecule has 124 valence electrons. The Hall–Kier alpha value is -2.18. The van der Waals surface area contributed by atoms with Gasteiger partial charge in [0.05, 0.1) is 5.69 Å². The molecule has 3 aromatic heterocycles. The van der Waals surface area contributed by atoms with Gasteiger partial charge >= 0.3 is 0 Å². The molecule has 0 atom stereocenters. The van der Waals surface area contributed by atoms with Crippen LogP contribution in [0, 0.1) is 6.92 Å². The van der Waals surface area contributed by atoms with Crippen LogP contribution in [0.5, 0.6) is 0 Å². The van der Waals surface area contributed by atoms with E-state index in [0.717, 1.165) is 44.1 Å². The number of piperazine rings is 1. The number of carbonyl (C=O) groups excluding carboxylic acids is 1. The fourth-order valence-electron chi connectivity index (χ4n) is 3.27. The first-order valence-electron chi connectivity index (χ1n) is 8.19. The summed E-state index contributed by atoms with van der Waals surface area (Å²) in [5.41, 5.74) is 3.68. The number of nitrogens with zero attached hydrogens (tertiary/aromatic N) is 4. The van der Waals surface area contributed by atoms with Crippen LogP contribution in [-0.4, -0.2) is 51.3 Å². The number of hydrogen-bond donors (Lipinski definition) is 0. The SMILES string of the molecule is Cc1nc2ccccn2c1C(=O)N1CCN(Cc2ccsc2)CC1. The van der Waals surface area contributed by atoms with Crippen molar-refractivity contribution in [3.63, 3.8) is 0 Å². The third kappa shape index (κ3) is 2.83. The molecular formula is C18H20N4OS. The van der Waals surface area contributed by atoms with Gasteiger partial charge in [0.15, 0.2) is 0 Å². The molecule has 0 bridgehead atoms. The molecule has 0 saturated carbocycles. The molecule has 4 heterocycles. The molecule has 1 saturated heterocycles. The van der Waals surface area contributed by atoms with E-state index in [1.807, 2.05) is 40.6 Å². The molecule has 0 aliphatic carbocycles. The third-order valence-corrected chi connectivity index (χ3v) is 5.28. The molecular weight excluding hydrogens is 320 g/mol. The number of aryl methyl sites for hydroxylation is 1. The van der Waals surface area contributed by atoms with Crippen molar-refractivity contribution in [2.45, 2.75) is 13.5 Å². The Balaban J connectivity index is 1.47. The van der Waals surface area contributed by atoms with Gasteiger partial charge in [0, 0.05) is 38.9 Å². The number of thiophene rings is 1. The molecule has 0 aromatic carbocycles. The number of fused-ring (bicyclic) bond motifs is 1. The summed E-state index contributed by atoms with van der Waals surface area (Å²) < 4.78 is 1.90. The second-order valence-electron chi connectivity index (χ2n) is 6.17. The maximum absolute atomic E-state index is 13.0. The second kappa shape index (κ2) is 6.37. The highest BCUT2D eigenvalue weighted by molar-refractivity contribution is 7.07. The molecule has 3 aromatic rings. The smallest absolute Gasteiger partial charge is 0.272 e. The maximum atomic E-state index is 13.0. The molecule has 6 heteroatoms. The van der Waals surface area contributed by atoms with E-state index in [9.17, 15) is 4.79 Å². The summed E-state index contributed by atoms with van der Waals surface area (Å²) in [7, 11) is 0. The van der Waals surface area contributed by atoms with Gasteiger partial charge in [-0.15, -0.1) is 0 Å². The molecule has 1 amide bonds. The van der Waals surface area contributed by atoms with E-state index in [-0.39, 0.29) is 5.91 Å². The van der Waals surface area contributed by atoms with Crippen LogP contribution in [0.15, 0.2) is 41.2 Å².